The maximum atomic E-state index is 10.7. The summed E-state index contributed by atoms with van der Waals surface area (Å²) in [5.74, 6) is 0. The maximum absolute atomic E-state index is 10.7. The summed E-state index contributed by atoms with van der Waals surface area (Å²) in [7, 11) is -23.8. The van der Waals surface area contributed by atoms with Crippen LogP contribution in [0.2, 0.25) is 0 Å². The Morgan fingerprint density at radius 3 is 0.625 bits per heavy atom. The molecule has 0 bridgehead atoms. The molecular weight excluding hydrogens is 416 g/mol. The molecule has 148 valence electrons. The molecule has 0 spiro atoms. The summed E-state index contributed by atoms with van der Waals surface area (Å²) in [5, 5.41) is 0. The summed E-state index contributed by atoms with van der Waals surface area (Å²) in [6.45, 7) is 0. The summed E-state index contributed by atoms with van der Waals surface area (Å²) >= 11 is 0. The van der Waals surface area contributed by atoms with Crippen LogP contribution in [-0.2, 0) is 10.1 Å². The summed E-state index contributed by atoms with van der Waals surface area (Å²) in [5.41, 5.74) is -5.53. The fourth-order valence-electron chi connectivity index (χ4n) is 0. The number of halogens is 15. The van der Waals surface area contributed by atoms with Gasteiger partial charge in [0, 0.05) is 0 Å². The predicted octanol–water partition coefficient (Wildman–Crippen LogP) is 3.65. The molecule has 0 saturated carbocycles. The van der Waals surface area contributed by atoms with Crippen LogP contribution in [0.1, 0.15) is 0 Å². The summed E-state index contributed by atoms with van der Waals surface area (Å²) in [4.78, 5) is 0. The van der Waals surface area contributed by atoms with Gasteiger partial charge >= 0.3 is 56.3 Å². The molecule has 0 aliphatic rings. The van der Waals surface area contributed by atoms with Gasteiger partial charge in [0.15, 0.2) is 0 Å². The first-order valence-electron chi connectivity index (χ1n) is 3.91. The van der Waals surface area contributed by atoms with Gasteiger partial charge in [-0.2, -0.15) is 21.6 Å². The molecule has 0 rings (SSSR count). The van der Waals surface area contributed by atoms with Crippen molar-refractivity contribution < 1.29 is 77.9 Å². The molecule has 0 aromatic heterocycles. The Hall–Kier alpha value is -0.348. The van der Waals surface area contributed by atoms with Crippen molar-refractivity contribution in [2.45, 2.75) is 5.51 Å². The quantitative estimate of drug-likeness (QED) is 0.283. The van der Waals surface area contributed by atoms with E-state index in [2.05, 4.69) is 0 Å². The van der Waals surface area contributed by atoms with E-state index in [1.807, 2.05) is 0 Å². The Labute approximate surface area is 135 Å². The van der Waals surface area contributed by atoms with Gasteiger partial charge in [0.2, 0.25) is 0 Å². The van der Waals surface area contributed by atoms with Crippen molar-refractivity contribution in [2.75, 3.05) is 0 Å². The van der Waals surface area contributed by atoms with Crippen LogP contribution >= 0.6 is 0 Å². The molecule has 23 heteroatoms. The first-order valence-corrected chi connectivity index (χ1v) is 5.35. The molecule has 3 nitrogen and oxygen atoms in total. The number of alkyl halides is 3. The topological polar surface area (TPSA) is 54.4 Å². The van der Waals surface area contributed by atoms with Gasteiger partial charge in [-0.3, -0.25) is 4.55 Å². The van der Waals surface area contributed by atoms with E-state index < -0.39 is 37.4 Å². The molecule has 0 radical (unpaired) electrons. The number of hydrogen-bond donors (Lipinski definition) is 1. The fraction of sp³-hybridized carbons (Fsp3) is 1.00. The van der Waals surface area contributed by atoms with E-state index in [1.165, 1.54) is 0 Å². The Morgan fingerprint density at radius 2 is 0.625 bits per heavy atom. The molecule has 1 N–H and O–H groups in total. The molecule has 0 amide bonds. The van der Waals surface area contributed by atoms with Gasteiger partial charge in [0.05, 0.1) is 0 Å². The van der Waals surface area contributed by atoms with Gasteiger partial charge in [-0.25, -0.2) is 0 Å². The van der Waals surface area contributed by atoms with Crippen LogP contribution in [0.5, 0.6) is 0 Å². The minimum atomic E-state index is -6.00. The van der Waals surface area contributed by atoms with E-state index in [1.54, 1.807) is 0 Å². The molecule has 0 aromatic rings. The SMILES string of the molecule is F[B-](F)(F)F.F[B-](F)(F)F.F[B-](F)(F)F.O=S(=O)(O)C(F)(F)F.[LiH]. The molecule has 0 heterocycles. The van der Waals surface area contributed by atoms with Crippen molar-refractivity contribution in [3.63, 3.8) is 0 Å². The van der Waals surface area contributed by atoms with Gasteiger partial charge in [0.1, 0.15) is 0 Å². The first kappa shape index (κ1) is 34.9. The molecule has 0 aliphatic heterocycles. The normalized spacial score (nSPS) is 12.2. The zero-order chi connectivity index (χ0) is 20.5. The molecule has 0 atom stereocenters. The van der Waals surface area contributed by atoms with Crippen molar-refractivity contribution >= 4 is 50.7 Å². The van der Waals surface area contributed by atoms with Crippen LogP contribution in [0.4, 0.5) is 65.0 Å². The van der Waals surface area contributed by atoms with E-state index in [0.717, 1.165) is 0 Å². The van der Waals surface area contributed by atoms with Crippen molar-refractivity contribution in [3.8, 4) is 0 Å². The number of rotatable bonds is 0. The van der Waals surface area contributed by atoms with Crippen LogP contribution in [0.3, 0.4) is 0 Å². The third kappa shape index (κ3) is 123. The van der Waals surface area contributed by atoms with Crippen molar-refractivity contribution in [1.82, 2.24) is 0 Å². The van der Waals surface area contributed by atoms with Gasteiger partial charge in [-0.05, 0) is 0 Å². The third-order valence-electron chi connectivity index (χ3n) is 0.292. The Kier molecular flexibility index (Phi) is 17.6. The third-order valence-corrected chi connectivity index (χ3v) is 0.877. The summed E-state index contributed by atoms with van der Waals surface area (Å²) in [6.07, 6.45) is 0. The van der Waals surface area contributed by atoms with Gasteiger partial charge in [-0.1, -0.05) is 0 Å². The summed E-state index contributed by atoms with van der Waals surface area (Å²) < 4.78 is 175. The molecule has 0 aliphatic carbocycles. The van der Waals surface area contributed by atoms with Crippen LogP contribution < -0.4 is 0 Å². The zero-order valence-corrected chi connectivity index (χ0v) is 10.4. The second-order valence-electron chi connectivity index (χ2n) is 2.41. The van der Waals surface area contributed by atoms with Crippen LogP contribution in [-0.4, -0.2) is 59.1 Å². The second-order valence-corrected chi connectivity index (χ2v) is 3.82. The standard InChI is InChI=1S/CHF3O3S.3BF4.Li.H/c2-1(3,4)8(5,6)7;3*2-1(3,4)5;;/h(H,5,6,7);;;;;/q;3*-1;;. The minimum absolute atomic E-state index is 0. The Bertz CT molecular complexity index is 344. The van der Waals surface area contributed by atoms with Crippen LogP contribution in [0.25, 0.3) is 0 Å². The van der Waals surface area contributed by atoms with Crippen LogP contribution in [0.15, 0.2) is 0 Å². The van der Waals surface area contributed by atoms with Crippen LogP contribution in [0, 0.1) is 0 Å². The van der Waals surface area contributed by atoms with Crippen molar-refractivity contribution in [1.29, 1.82) is 0 Å². The Morgan fingerprint density at radius 1 is 0.583 bits per heavy atom. The molecule has 0 saturated heterocycles. The van der Waals surface area contributed by atoms with E-state index in [-0.39, 0.29) is 18.9 Å². The van der Waals surface area contributed by atoms with Crippen molar-refractivity contribution in [2.24, 2.45) is 0 Å². The predicted molar refractivity (Wildman–Crippen MR) is 55.3 cm³/mol. The van der Waals surface area contributed by atoms with Gasteiger partial charge in [-0.15, -0.1) is 0 Å². The average molecular weight is 418 g/mol. The molecule has 24 heavy (non-hydrogen) atoms. The fourth-order valence-corrected chi connectivity index (χ4v) is 0. The molecule has 0 aromatic carbocycles. The Balaban J connectivity index is -0.0000000677. The monoisotopic (exact) mass is 419 g/mol. The van der Waals surface area contributed by atoms with Gasteiger partial charge < -0.3 is 51.8 Å². The number of hydrogen-bond acceptors (Lipinski definition) is 2. The summed E-state index contributed by atoms with van der Waals surface area (Å²) in [6, 6.07) is 0. The molecule has 0 fully saturated rings. The first-order chi connectivity index (χ1) is 9.25. The zero-order valence-electron chi connectivity index (χ0n) is 9.57. The second kappa shape index (κ2) is 12.1. The van der Waals surface area contributed by atoms with E-state index in [4.69, 9.17) is 13.0 Å². The van der Waals surface area contributed by atoms with E-state index in [9.17, 15) is 65.0 Å². The average Bonchev–Trinajstić information content (AvgIpc) is 1.86. The van der Waals surface area contributed by atoms with Crippen molar-refractivity contribution in [3.05, 3.63) is 0 Å². The van der Waals surface area contributed by atoms with E-state index >= 15 is 0 Å². The van der Waals surface area contributed by atoms with E-state index in [0.29, 0.717) is 0 Å². The van der Waals surface area contributed by atoms with Gasteiger partial charge in [0.25, 0.3) is 0 Å². The molecular formula is CH2B3F15LiO3S-3. The molecule has 0 unspecified atom stereocenters.